The Balaban J connectivity index is 1.26. The Morgan fingerprint density at radius 2 is 0.867 bits per heavy atom. The van der Waals surface area contributed by atoms with E-state index in [0.29, 0.717) is 0 Å². The molecule has 0 atom stereocenters. The molecule has 0 radical (unpaired) electrons. The van der Waals surface area contributed by atoms with Gasteiger partial charge in [0, 0.05) is 5.41 Å². The minimum Gasteiger partial charge on any atom is -0.0619 e. The molecule has 0 heteroatoms. The molecule has 8 aromatic carbocycles. The van der Waals surface area contributed by atoms with Crippen molar-refractivity contribution in [3.05, 3.63) is 169 Å². The molecule has 212 valence electrons. The zero-order valence-electron chi connectivity index (χ0n) is 25.5. The fourth-order valence-electron chi connectivity index (χ4n) is 7.71. The second-order valence-corrected chi connectivity index (χ2v) is 12.9. The summed E-state index contributed by atoms with van der Waals surface area (Å²) in [5.74, 6) is 0. The van der Waals surface area contributed by atoms with Crippen molar-refractivity contribution < 1.29 is 0 Å². The fourth-order valence-corrected chi connectivity index (χ4v) is 7.71. The zero-order chi connectivity index (χ0) is 30.1. The van der Waals surface area contributed by atoms with E-state index < -0.39 is 0 Å². The third kappa shape index (κ3) is 3.99. The van der Waals surface area contributed by atoms with Crippen LogP contribution in [0, 0.1) is 0 Å². The Morgan fingerprint density at radius 1 is 0.311 bits per heavy atom. The quantitative estimate of drug-likeness (QED) is 0.197. The van der Waals surface area contributed by atoms with Crippen LogP contribution in [0.5, 0.6) is 0 Å². The lowest BCUT2D eigenvalue weighted by molar-refractivity contribution is 0.661. The lowest BCUT2D eigenvalue weighted by Crippen LogP contribution is -2.14. The van der Waals surface area contributed by atoms with E-state index in [0.717, 1.165) is 0 Å². The van der Waals surface area contributed by atoms with E-state index in [1.54, 1.807) is 0 Å². The first-order chi connectivity index (χ1) is 22.1. The van der Waals surface area contributed by atoms with Crippen LogP contribution in [0.3, 0.4) is 0 Å². The van der Waals surface area contributed by atoms with E-state index in [9.17, 15) is 0 Å². The normalized spacial score (nSPS) is 13.3. The van der Waals surface area contributed by atoms with Crippen molar-refractivity contribution >= 4 is 32.3 Å². The molecule has 0 aliphatic heterocycles. The Kier molecular flexibility index (Phi) is 5.64. The molecular weight excluding hydrogens is 540 g/mol. The molecule has 0 aromatic heterocycles. The molecule has 0 saturated carbocycles. The lowest BCUT2D eigenvalue weighted by Gasteiger charge is -2.23. The second kappa shape index (κ2) is 9.78. The van der Waals surface area contributed by atoms with Crippen molar-refractivity contribution in [2.45, 2.75) is 19.3 Å². The fraction of sp³-hybridized carbons (Fsp3) is 0.0667. The van der Waals surface area contributed by atoms with Gasteiger partial charge in [-0.25, -0.2) is 0 Å². The summed E-state index contributed by atoms with van der Waals surface area (Å²) >= 11 is 0. The molecule has 1 aliphatic carbocycles. The number of hydrogen-bond donors (Lipinski definition) is 0. The molecular formula is C45H32. The van der Waals surface area contributed by atoms with Gasteiger partial charge in [0.15, 0.2) is 0 Å². The first-order valence-electron chi connectivity index (χ1n) is 15.9. The van der Waals surface area contributed by atoms with Crippen molar-refractivity contribution in [1.29, 1.82) is 0 Å². The van der Waals surface area contributed by atoms with Crippen LogP contribution in [-0.2, 0) is 5.41 Å². The zero-order valence-corrected chi connectivity index (χ0v) is 25.5. The molecule has 0 heterocycles. The Bertz CT molecular complexity index is 2430. The van der Waals surface area contributed by atoms with Crippen LogP contribution in [0.25, 0.3) is 76.8 Å². The number of fused-ring (bicyclic) bond motifs is 6. The third-order valence-corrected chi connectivity index (χ3v) is 10.1. The molecule has 0 nitrogen and oxygen atoms in total. The van der Waals surface area contributed by atoms with Gasteiger partial charge in [-0.3, -0.25) is 0 Å². The van der Waals surface area contributed by atoms with Crippen molar-refractivity contribution in [3.63, 3.8) is 0 Å². The number of rotatable bonds is 3. The maximum Gasteiger partial charge on any atom is 0.0159 e. The highest BCUT2D eigenvalue weighted by Gasteiger charge is 2.35. The number of benzene rings is 8. The van der Waals surface area contributed by atoms with Gasteiger partial charge >= 0.3 is 0 Å². The van der Waals surface area contributed by atoms with E-state index in [1.807, 2.05) is 0 Å². The monoisotopic (exact) mass is 572 g/mol. The minimum atomic E-state index is -0.0609. The predicted octanol–water partition coefficient (Wildman–Crippen LogP) is 12.5. The minimum absolute atomic E-state index is 0.0609. The summed E-state index contributed by atoms with van der Waals surface area (Å²) in [6, 6.07) is 58.5. The summed E-state index contributed by atoms with van der Waals surface area (Å²) in [7, 11) is 0. The van der Waals surface area contributed by atoms with E-state index in [2.05, 4.69) is 172 Å². The van der Waals surface area contributed by atoms with Crippen molar-refractivity contribution in [2.24, 2.45) is 0 Å². The maximum absolute atomic E-state index is 2.49. The van der Waals surface area contributed by atoms with Gasteiger partial charge < -0.3 is 0 Å². The summed E-state index contributed by atoms with van der Waals surface area (Å²) in [6.07, 6.45) is 0. The first kappa shape index (κ1) is 26.0. The molecule has 0 bridgehead atoms. The van der Waals surface area contributed by atoms with Gasteiger partial charge in [0.2, 0.25) is 0 Å². The molecule has 0 amide bonds. The Labute approximate surface area is 264 Å². The van der Waals surface area contributed by atoms with Crippen LogP contribution >= 0.6 is 0 Å². The highest BCUT2D eigenvalue weighted by Crippen LogP contribution is 2.51. The van der Waals surface area contributed by atoms with Gasteiger partial charge in [0.1, 0.15) is 0 Å². The summed E-state index contributed by atoms with van der Waals surface area (Å²) in [4.78, 5) is 0. The Hall–Kier alpha value is -5.46. The van der Waals surface area contributed by atoms with Crippen LogP contribution in [0.15, 0.2) is 158 Å². The van der Waals surface area contributed by atoms with Crippen LogP contribution in [0.2, 0.25) is 0 Å². The standard InChI is InChI=1S/C45H32/c1-45(2)43-17-8-7-15-39(43)42-27-40-38(34-23-18-29-10-3-4-12-33(29)26-34)25-24-37(41(40)28-44(42)45)32-21-19-31(20-22-32)36-16-9-13-30-11-5-6-14-35(30)36/h3-28H,1-2H3. The molecule has 0 unspecified atom stereocenters. The van der Waals surface area contributed by atoms with E-state index in [4.69, 9.17) is 0 Å². The molecule has 1 aliphatic rings. The lowest BCUT2D eigenvalue weighted by atomic mass is 9.80. The molecule has 0 N–H and O–H groups in total. The van der Waals surface area contributed by atoms with Crippen LogP contribution in [0.1, 0.15) is 25.0 Å². The smallest absolute Gasteiger partial charge is 0.0159 e. The van der Waals surface area contributed by atoms with Gasteiger partial charge in [0.25, 0.3) is 0 Å². The molecule has 45 heavy (non-hydrogen) atoms. The summed E-state index contributed by atoms with van der Waals surface area (Å²) in [5, 5.41) is 7.70. The van der Waals surface area contributed by atoms with Crippen LogP contribution < -0.4 is 0 Å². The highest BCUT2D eigenvalue weighted by molar-refractivity contribution is 6.09. The average Bonchev–Trinajstić information content (AvgIpc) is 3.32. The topological polar surface area (TPSA) is 0 Å². The van der Waals surface area contributed by atoms with E-state index in [1.165, 1.54) is 88.0 Å². The van der Waals surface area contributed by atoms with Gasteiger partial charge in [-0.15, -0.1) is 0 Å². The Morgan fingerprint density at radius 3 is 1.67 bits per heavy atom. The summed E-state index contributed by atoms with van der Waals surface area (Å²) in [6.45, 7) is 4.74. The largest absolute Gasteiger partial charge is 0.0619 e. The van der Waals surface area contributed by atoms with Crippen molar-refractivity contribution in [2.75, 3.05) is 0 Å². The highest BCUT2D eigenvalue weighted by atomic mass is 14.4. The summed E-state index contributed by atoms with van der Waals surface area (Å²) < 4.78 is 0. The van der Waals surface area contributed by atoms with Crippen LogP contribution in [0.4, 0.5) is 0 Å². The summed E-state index contributed by atoms with van der Waals surface area (Å²) in [5.41, 5.74) is 13.0. The molecule has 8 aromatic rings. The predicted molar refractivity (Wildman–Crippen MR) is 193 cm³/mol. The van der Waals surface area contributed by atoms with Crippen molar-refractivity contribution in [3.8, 4) is 44.5 Å². The molecule has 0 spiro atoms. The van der Waals surface area contributed by atoms with Gasteiger partial charge in [-0.05, 0) is 106 Å². The molecule has 0 fully saturated rings. The van der Waals surface area contributed by atoms with E-state index in [-0.39, 0.29) is 5.41 Å². The SMILES string of the molecule is CC1(C)c2ccccc2-c2cc3c(-c4ccc5ccccc5c4)ccc(-c4ccc(-c5cccc6ccccc56)cc4)c3cc21. The van der Waals surface area contributed by atoms with E-state index >= 15 is 0 Å². The second-order valence-electron chi connectivity index (χ2n) is 12.9. The maximum atomic E-state index is 2.49. The van der Waals surface area contributed by atoms with Gasteiger partial charge in [0.05, 0.1) is 0 Å². The van der Waals surface area contributed by atoms with Crippen LogP contribution in [-0.4, -0.2) is 0 Å². The average molecular weight is 573 g/mol. The molecule has 0 saturated heterocycles. The third-order valence-electron chi connectivity index (χ3n) is 10.1. The first-order valence-corrected chi connectivity index (χ1v) is 15.9. The van der Waals surface area contributed by atoms with Gasteiger partial charge in [-0.2, -0.15) is 0 Å². The van der Waals surface area contributed by atoms with Gasteiger partial charge in [-0.1, -0.05) is 153 Å². The number of hydrogen-bond acceptors (Lipinski definition) is 0. The molecule has 9 rings (SSSR count). The van der Waals surface area contributed by atoms with Crippen molar-refractivity contribution in [1.82, 2.24) is 0 Å².